The molecule has 6 nitrogen and oxygen atoms in total. The van der Waals surface area contributed by atoms with Gasteiger partial charge in [-0.2, -0.15) is 0 Å². The highest BCUT2D eigenvalue weighted by Gasteiger charge is 2.14. The van der Waals surface area contributed by atoms with Crippen LogP contribution in [-0.2, 0) is 10.0 Å². The van der Waals surface area contributed by atoms with Gasteiger partial charge in [0.1, 0.15) is 5.82 Å². The van der Waals surface area contributed by atoms with Crippen LogP contribution in [0.1, 0.15) is 13.3 Å². The Kier molecular flexibility index (Phi) is 4.98. The molecule has 8 heteroatoms. The molecule has 1 aromatic heterocycles. The van der Waals surface area contributed by atoms with Crippen LogP contribution in [-0.4, -0.2) is 25.2 Å². The molecule has 0 fully saturated rings. The zero-order chi connectivity index (χ0) is 15.3. The van der Waals surface area contributed by atoms with E-state index in [9.17, 15) is 8.42 Å². The third kappa shape index (κ3) is 4.30. The molecule has 1 heterocycles. The summed E-state index contributed by atoms with van der Waals surface area (Å²) in [6.45, 7) is 2.82. The van der Waals surface area contributed by atoms with E-state index in [4.69, 9.17) is 11.6 Å². The normalized spacial score (nSPS) is 11.1. The van der Waals surface area contributed by atoms with Gasteiger partial charge in [0.05, 0.1) is 4.90 Å². The molecule has 0 saturated carbocycles. The number of nitrogens with zero attached hydrogens (tertiary/aromatic N) is 2. The Morgan fingerprint density at radius 1 is 1.05 bits per heavy atom. The smallest absolute Gasteiger partial charge is 0.263 e. The van der Waals surface area contributed by atoms with Crippen molar-refractivity contribution in [1.82, 2.24) is 10.2 Å². The molecule has 0 radical (unpaired) electrons. The van der Waals surface area contributed by atoms with Crippen LogP contribution in [0.25, 0.3) is 0 Å². The van der Waals surface area contributed by atoms with Crippen molar-refractivity contribution in [3.05, 3.63) is 41.4 Å². The Morgan fingerprint density at radius 3 is 2.24 bits per heavy atom. The molecule has 2 rings (SSSR count). The predicted molar refractivity (Wildman–Crippen MR) is 83.1 cm³/mol. The monoisotopic (exact) mass is 326 g/mol. The summed E-state index contributed by atoms with van der Waals surface area (Å²) in [6.07, 6.45) is 0.965. The van der Waals surface area contributed by atoms with E-state index in [0.717, 1.165) is 13.0 Å². The molecule has 112 valence electrons. The minimum absolute atomic E-state index is 0.113. The molecule has 0 amide bonds. The first kappa shape index (κ1) is 15.5. The molecule has 0 aliphatic heterocycles. The van der Waals surface area contributed by atoms with Crippen LogP contribution < -0.4 is 10.0 Å². The molecule has 0 saturated heterocycles. The third-order valence-electron chi connectivity index (χ3n) is 2.58. The zero-order valence-electron chi connectivity index (χ0n) is 11.4. The quantitative estimate of drug-likeness (QED) is 0.852. The molecular formula is C13H15ClN4O2S. The first-order chi connectivity index (χ1) is 10.0. The van der Waals surface area contributed by atoms with Crippen LogP contribution in [0, 0.1) is 0 Å². The number of rotatable bonds is 6. The number of anilines is 2. The maximum absolute atomic E-state index is 12.1. The van der Waals surface area contributed by atoms with Crippen LogP contribution in [0.2, 0.25) is 5.02 Å². The van der Waals surface area contributed by atoms with Gasteiger partial charge in [-0.1, -0.05) is 18.5 Å². The lowest BCUT2D eigenvalue weighted by Gasteiger charge is -2.08. The number of hydrogen-bond acceptors (Lipinski definition) is 5. The highest BCUT2D eigenvalue weighted by atomic mass is 35.5. The summed E-state index contributed by atoms with van der Waals surface area (Å²) in [5.41, 5.74) is 0. The van der Waals surface area contributed by atoms with E-state index >= 15 is 0 Å². The third-order valence-corrected chi connectivity index (χ3v) is 4.21. The molecule has 0 unspecified atom stereocenters. The fourth-order valence-corrected chi connectivity index (χ4v) is 2.67. The van der Waals surface area contributed by atoms with E-state index in [1.54, 1.807) is 12.1 Å². The summed E-state index contributed by atoms with van der Waals surface area (Å²) in [5.74, 6) is 0.762. The van der Waals surface area contributed by atoms with Crippen LogP contribution in [0.3, 0.4) is 0 Å². The minimum atomic E-state index is -3.69. The van der Waals surface area contributed by atoms with E-state index in [2.05, 4.69) is 20.2 Å². The molecule has 2 N–H and O–H groups in total. The van der Waals surface area contributed by atoms with E-state index < -0.39 is 10.0 Å². The fourth-order valence-electron chi connectivity index (χ4n) is 1.54. The second kappa shape index (κ2) is 6.73. The Labute approximate surface area is 128 Å². The molecule has 21 heavy (non-hydrogen) atoms. The summed E-state index contributed by atoms with van der Waals surface area (Å²) in [4.78, 5) is 0.113. The standard InChI is InChI=1S/C13H15ClN4O2S/c1-2-9-15-12-7-8-13(17-16-12)18-21(19,20)11-5-3-10(14)4-6-11/h3-8H,2,9H2,1H3,(H,15,16)(H,17,18). The molecular weight excluding hydrogens is 312 g/mol. The van der Waals surface area contributed by atoms with Gasteiger partial charge in [-0.05, 0) is 42.8 Å². The first-order valence-electron chi connectivity index (χ1n) is 6.37. The van der Waals surface area contributed by atoms with Gasteiger partial charge in [0.25, 0.3) is 10.0 Å². The van der Waals surface area contributed by atoms with Gasteiger partial charge in [-0.3, -0.25) is 4.72 Å². The van der Waals surface area contributed by atoms with Crippen molar-refractivity contribution in [2.24, 2.45) is 0 Å². The van der Waals surface area contributed by atoms with Gasteiger partial charge < -0.3 is 5.32 Å². The van der Waals surface area contributed by atoms with E-state index in [1.807, 2.05) is 6.92 Å². The number of aromatic nitrogens is 2. The second-order valence-electron chi connectivity index (χ2n) is 4.29. The van der Waals surface area contributed by atoms with Crippen molar-refractivity contribution >= 4 is 33.3 Å². The summed E-state index contributed by atoms with van der Waals surface area (Å²) in [6, 6.07) is 9.10. The lowest BCUT2D eigenvalue weighted by molar-refractivity contribution is 0.601. The second-order valence-corrected chi connectivity index (χ2v) is 6.41. The van der Waals surface area contributed by atoms with Crippen LogP contribution in [0.5, 0.6) is 0 Å². The first-order valence-corrected chi connectivity index (χ1v) is 8.23. The Hall–Kier alpha value is -1.86. The minimum Gasteiger partial charge on any atom is -0.369 e. The van der Waals surface area contributed by atoms with E-state index in [1.165, 1.54) is 24.3 Å². The van der Waals surface area contributed by atoms with Crippen LogP contribution >= 0.6 is 11.6 Å². The molecule has 2 aromatic rings. The summed E-state index contributed by atoms with van der Waals surface area (Å²) in [5, 5.41) is 11.3. The summed E-state index contributed by atoms with van der Waals surface area (Å²) < 4.78 is 26.6. The lowest BCUT2D eigenvalue weighted by atomic mass is 10.4. The predicted octanol–water partition coefficient (Wildman–Crippen LogP) is 2.75. The average Bonchev–Trinajstić information content (AvgIpc) is 2.47. The zero-order valence-corrected chi connectivity index (χ0v) is 12.9. The number of hydrogen-bond donors (Lipinski definition) is 2. The largest absolute Gasteiger partial charge is 0.369 e. The van der Waals surface area contributed by atoms with E-state index in [0.29, 0.717) is 10.8 Å². The van der Waals surface area contributed by atoms with Crippen molar-refractivity contribution < 1.29 is 8.42 Å². The number of halogens is 1. The summed E-state index contributed by atoms with van der Waals surface area (Å²) in [7, 11) is -3.69. The molecule has 0 atom stereocenters. The molecule has 1 aromatic carbocycles. The van der Waals surface area contributed by atoms with Crippen molar-refractivity contribution in [3.63, 3.8) is 0 Å². The van der Waals surface area contributed by atoms with Crippen molar-refractivity contribution in [2.75, 3.05) is 16.6 Å². The Morgan fingerprint density at radius 2 is 1.67 bits per heavy atom. The summed E-state index contributed by atoms with van der Waals surface area (Å²) >= 11 is 5.74. The number of nitrogens with one attached hydrogen (secondary N) is 2. The topological polar surface area (TPSA) is 84.0 Å². The fraction of sp³-hybridized carbons (Fsp3) is 0.231. The van der Waals surface area contributed by atoms with Gasteiger partial charge in [-0.15, -0.1) is 10.2 Å². The lowest BCUT2D eigenvalue weighted by Crippen LogP contribution is -2.14. The van der Waals surface area contributed by atoms with Crippen LogP contribution in [0.15, 0.2) is 41.3 Å². The molecule has 0 aliphatic carbocycles. The number of sulfonamides is 1. The van der Waals surface area contributed by atoms with E-state index in [-0.39, 0.29) is 10.7 Å². The molecule has 0 spiro atoms. The maximum Gasteiger partial charge on any atom is 0.263 e. The molecule has 0 aliphatic rings. The average molecular weight is 327 g/mol. The van der Waals surface area contributed by atoms with Gasteiger partial charge in [-0.25, -0.2) is 8.42 Å². The maximum atomic E-state index is 12.1. The van der Waals surface area contributed by atoms with Gasteiger partial charge in [0.15, 0.2) is 5.82 Å². The van der Waals surface area contributed by atoms with Crippen molar-refractivity contribution in [1.29, 1.82) is 0 Å². The Bertz CT molecular complexity index is 687. The highest BCUT2D eigenvalue weighted by molar-refractivity contribution is 7.92. The van der Waals surface area contributed by atoms with Crippen molar-refractivity contribution in [3.8, 4) is 0 Å². The van der Waals surface area contributed by atoms with Crippen molar-refractivity contribution in [2.45, 2.75) is 18.2 Å². The van der Waals surface area contributed by atoms with Gasteiger partial charge >= 0.3 is 0 Å². The SMILES string of the molecule is CCCNc1ccc(NS(=O)(=O)c2ccc(Cl)cc2)nn1. The van der Waals surface area contributed by atoms with Gasteiger partial charge in [0, 0.05) is 11.6 Å². The van der Waals surface area contributed by atoms with Crippen LogP contribution in [0.4, 0.5) is 11.6 Å². The number of benzene rings is 1. The molecule has 0 bridgehead atoms. The van der Waals surface area contributed by atoms with Gasteiger partial charge in [0.2, 0.25) is 0 Å². The highest BCUT2D eigenvalue weighted by Crippen LogP contribution is 2.17. The Balaban J connectivity index is 2.11.